The number of para-hydroxylation sites is 1. The van der Waals surface area contributed by atoms with E-state index in [1.165, 1.54) is 12.1 Å². The first kappa shape index (κ1) is 18.9. The van der Waals surface area contributed by atoms with E-state index in [0.717, 1.165) is 33.9 Å². The minimum Gasteiger partial charge on any atom is -0.490 e. The fraction of sp³-hybridized carbons (Fsp3) is 0.208. The third-order valence-electron chi connectivity index (χ3n) is 5.39. The lowest BCUT2D eigenvalue weighted by atomic mass is 9.95. The van der Waals surface area contributed by atoms with E-state index in [4.69, 9.17) is 26.2 Å². The minimum atomic E-state index is -0.444. The Bertz CT molecular complexity index is 1120. The summed E-state index contributed by atoms with van der Waals surface area (Å²) in [6, 6.07) is 20.0. The third-order valence-corrected chi connectivity index (χ3v) is 5.63. The number of ether oxygens (including phenoxy) is 2. The van der Waals surface area contributed by atoms with Crippen molar-refractivity contribution >= 4 is 17.3 Å². The first-order valence-corrected chi connectivity index (χ1v) is 10.3. The highest BCUT2D eigenvalue weighted by Gasteiger charge is 2.42. The first-order valence-electron chi connectivity index (χ1n) is 9.93. The molecule has 0 aliphatic carbocycles. The Morgan fingerprint density at radius 3 is 2.70 bits per heavy atom. The predicted octanol–water partition coefficient (Wildman–Crippen LogP) is 6.12. The monoisotopic (exact) mass is 422 g/mol. The number of nitrogens with zero attached hydrogens (tertiary/aromatic N) is 2. The van der Waals surface area contributed by atoms with E-state index >= 15 is 0 Å². The summed E-state index contributed by atoms with van der Waals surface area (Å²) in [6.45, 7) is 2.50. The fourth-order valence-electron chi connectivity index (χ4n) is 4.05. The summed E-state index contributed by atoms with van der Waals surface area (Å²) in [4.78, 5) is 0. The van der Waals surface area contributed by atoms with Crippen LogP contribution >= 0.6 is 11.6 Å². The topological polar surface area (TPSA) is 34.1 Å². The van der Waals surface area contributed by atoms with Crippen molar-refractivity contribution in [1.82, 2.24) is 5.01 Å². The average Bonchev–Trinajstić information content (AvgIpc) is 3.20. The van der Waals surface area contributed by atoms with Gasteiger partial charge in [-0.3, -0.25) is 0 Å². The molecule has 2 aliphatic rings. The molecule has 0 amide bonds. The first-order chi connectivity index (χ1) is 14.6. The van der Waals surface area contributed by atoms with Crippen molar-refractivity contribution in [1.29, 1.82) is 0 Å². The minimum absolute atomic E-state index is 0.0156. The van der Waals surface area contributed by atoms with Gasteiger partial charge in [-0.2, -0.15) is 5.10 Å². The maximum Gasteiger partial charge on any atom is 0.214 e. The zero-order chi connectivity index (χ0) is 20.7. The van der Waals surface area contributed by atoms with Gasteiger partial charge >= 0.3 is 0 Å². The normalized spacial score (nSPS) is 19.6. The van der Waals surface area contributed by atoms with E-state index in [-0.39, 0.29) is 11.9 Å². The molecule has 152 valence electrons. The van der Waals surface area contributed by atoms with Crippen LogP contribution in [0.1, 0.15) is 42.3 Å². The van der Waals surface area contributed by atoms with Crippen LogP contribution in [-0.2, 0) is 0 Å². The van der Waals surface area contributed by atoms with Crippen LogP contribution in [0.15, 0.2) is 71.8 Å². The molecular formula is C24H20ClFN2O2. The molecule has 0 radical (unpaired) electrons. The van der Waals surface area contributed by atoms with Crippen molar-refractivity contribution in [3.05, 3.63) is 94.3 Å². The number of rotatable bonds is 4. The van der Waals surface area contributed by atoms with Crippen LogP contribution in [0.4, 0.5) is 4.39 Å². The maximum atomic E-state index is 13.4. The van der Waals surface area contributed by atoms with Gasteiger partial charge in [-0.25, -0.2) is 9.40 Å². The number of hydrogen-bond acceptors (Lipinski definition) is 4. The molecular weight excluding hydrogens is 403 g/mol. The van der Waals surface area contributed by atoms with Crippen LogP contribution in [0.2, 0.25) is 5.02 Å². The van der Waals surface area contributed by atoms with Crippen molar-refractivity contribution in [3.63, 3.8) is 0 Å². The molecule has 0 bridgehead atoms. The maximum absolute atomic E-state index is 13.4. The van der Waals surface area contributed by atoms with Gasteiger partial charge in [0.1, 0.15) is 5.82 Å². The molecule has 2 heterocycles. The summed E-state index contributed by atoms with van der Waals surface area (Å²) in [6.07, 6.45) is 0.245. The van der Waals surface area contributed by atoms with Crippen LogP contribution in [0.3, 0.4) is 0 Å². The molecule has 6 heteroatoms. The average molecular weight is 423 g/mol. The molecule has 0 N–H and O–H groups in total. The molecule has 0 aromatic heterocycles. The van der Waals surface area contributed by atoms with Gasteiger partial charge in [0.25, 0.3) is 0 Å². The zero-order valence-electron chi connectivity index (χ0n) is 16.4. The molecule has 0 saturated carbocycles. The smallest absolute Gasteiger partial charge is 0.214 e. The standard InChI is InChI=1S/C24H20ClFN2O2/c1-2-29-22-8-4-7-19-21-14-20(15-9-11-18(26)12-10-15)27-28(21)24(30-23(19)22)16-5-3-6-17(25)13-16/h3-13,21,24H,2,14H2,1H3/t21-,24-/m1/s1. The van der Waals surface area contributed by atoms with Gasteiger partial charge in [-0.05, 0) is 42.8 Å². The molecule has 0 spiro atoms. The van der Waals surface area contributed by atoms with Crippen molar-refractivity contribution in [3.8, 4) is 11.5 Å². The van der Waals surface area contributed by atoms with Gasteiger partial charge in [0.2, 0.25) is 6.23 Å². The molecule has 0 saturated heterocycles. The van der Waals surface area contributed by atoms with Crippen molar-refractivity contribution < 1.29 is 13.9 Å². The second-order valence-corrected chi connectivity index (χ2v) is 7.72. The summed E-state index contributed by atoms with van der Waals surface area (Å²) >= 11 is 6.26. The highest BCUT2D eigenvalue weighted by Crippen LogP contribution is 2.50. The van der Waals surface area contributed by atoms with Gasteiger partial charge in [0, 0.05) is 22.6 Å². The molecule has 30 heavy (non-hydrogen) atoms. The van der Waals surface area contributed by atoms with Gasteiger partial charge in [0.05, 0.1) is 18.4 Å². The Balaban J connectivity index is 1.61. The van der Waals surface area contributed by atoms with Gasteiger partial charge in [-0.15, -0.1) is 0 Å². The third kappa shape index (κ3) is 3.29. The van der Waals surface area contributed by atoms with Crippen LogP contribution in [0.5, 0.6) is 11.5 Å². The predicted molar refractivity (Wildman–Crippen MR) is 115 cm³/mol. The Morgan fingerprint density at radius 2 is 1.93 bits per heavy atom. The summed E-state index contributed by atoms with van der Waals surface area (Å²) < 4.78 is 25.7. The summed E-state index contributed by atoms with van der Waals surface area (Å²) in [7, 11) is 0. The zero-order valence-corrected chi connectivity index (χ0v) is 17.1. The highest BCUT2D eigenvalue weighted by molar-refractivity contribution is 6.30. The lowest BCUT2D eigenvalue weighted by Gasteiger charge is -2.38. The quantitative estimate of drug-likeness (QED) is 0.508. The molecule has 0 fully saturated rings. The number of hydrogen-bond donors (Lipinski definition) is 0. The van der Waals surface area contributed by atoms with Crippen LogP contribution in [-0.4, -0.2) is 17.3 Å². The highest BCUT2D eigenvalue weighted by atomic mass is 35.5. The van der Waals surface area contributed by atoms with Crippen LogP contribution in [0, 0.1) is 5.82 Å². The molecule has 3 aromatic rings. The van der Waals surface area contributed by atoms with E-state index in [1.807, 2.05) is 54.4 Å². The molecule has 0 unspecified atom stereocenters. The molecule has 2 aliphatic heterocycles. The number of fused-ring (bicyclic) bond motifs is 3. The van der Waals surface area contributed by atoms with Crippen molar-refractivity contribution in [2.75, 3.05) is 6.61 Å². The van der Waals surface area contributed by atoms with Crippen molar-refractivity contribution in [2.24, 2.45) is 5.10 Å². The number of halogens is 2. The van der Waals surface area contributed by atoms with E-state index in [1.54, 1.807) is 12.1 Å². The molecule has 2 atom stereocenters. The second kappa shape index (κ2) is 7.65. The van der Waals surface area contributed by atoms with E-state index in [9.17, 15) is 4.39 Å². The summed E-state index contributed by atoms with van der Waals surface area (Å²) in [5.74, 6) is 1.19. The Hall–Kier alpha value is -3.05. The van der Waals surface area contributed by atoms with E-state index in [0.29, 0.717) is 18.1 Å². The lowest BCUT2D eigenvalue weighted by molar-refractivity contribution is -0.0212. The van der Waals surface area contributed by atoms with Crippen LogP contribution in [0.25, 0.3) is 0 Å². The van der Waals surface area contributed by atoms with Crippen LogP contribution < -0.4 is 9.47 Å². The summed E-state index contributed by atoms with van der Waals surface area (Å²) in [5.41, 5.74) is 3.73. The largest absolute Gasteiger partial charge is 0.490 e. The molecule has 4 nitrogen and oxygen atoms in total. The molecule has 5 rings (SSSR count). The number of hydrazone groups is 1. The van der Waals surface area contributed by atoms with E-state index < -0.39 is 6.23 Å². The number of benzene rings is 3. The summed E-state index contributed by atoms with van der Waals surface area (Å²) in [5, 5.41) is 7.50. The van der Waals surface area contributed by atoms with Gasteiger partial charge in [-0.1, -0.05) is 48.0 Å². The Labute approximate surface area is 179 Å². The van der Waals surface area contributed by atoms with Gasteiger partial charge in [0.15, 0.2) is 11.5 Å². The fourth-order valence-corrected chi connectivity index (χ4v) is 4.25. The van der Waals surface area contributed by atoms with E-state index in [2.05, 4.69) is 0 Å². The SMILES string of the molecule is CCOc1cccc2c1O[C@H](c1cccc(Cl)c1)N1N=C(c3ccc(F)cc3)C[C@H]21. The molecule has 3 aromatic carbocycles. The lowest BCUT2D eigenvalue weighted by Crippen LogP contribution is -2.33. The van der Waals surface area contributed by atoms with Gasteiger partial charge < -0.3 is 9.47 Å². The Morgan fingerprint density at radius 1 is 1.13 bits per heavy atom. The van der Waals surface area contributed by atoms with Crippen molar-refractivity contribution in [2.45, 2.75) is 25.6 Å². The Kier molecular flexibility index (Phi) is 4.83. The second-order valence-electron chi connectivity index (χ2n) is 7.29.